The highest BCUT2D eigenvalue weighted by atomic mass is 35.5. The summed E-state index contributed by atoms with van der Waals surface area (Å²) in [5.74, 6) is -1.72. The summed E-state index contributed by atoms with van der Waals surface area (Å²) in [7, 11) is -4.01. The molecule has 0 fully saturated rings. The summed E-state index contributed by atoms with van der Waals surface area (Å²) in [4.78, 5) is 25.8. The zero-order valence-corrected chi connectivity index (χ0v) is 20.4. The van der Waals surface area contributed by atoms with Crippen LogP contribution in [-0.2, 0) is 24.8 Å². The number of carbonyl (C=O) groups excluding carboxylic acids is 1. The van der Waals surface area contributed by atoms with Gasteiger partial charge < -0.3 is 9.47 Å². The molecule has 0 aliphatic carbocycles. The number of hydrogen-bond acceptors (Lipinski definition) is 8. The fourth-order valence-corrected chi connectivity index (χ4v) is 4.41. The van der Waals surface area contributed by atoms with E-state index in [9.17, 15) is 32.6 Å². The second kappa shape index (κ2) is 10.7. The zero-order chi connectivity index (χ0) is 25.9. The smallest absolute Gasteiger partial charge is 0.417 e. The molecule has 1 atom stereocenters. The highest BCUT2D eigenvalue weighted by Crippen LogP contribution is 2.49. The van der Waals surface area contributed by atoms with Crippen molar-refractivity contribution in [3.63, 3.8) is 0 Å². The lowest BCUT2D eigenvalue weighted by Gasteiger charge is -2.19. The van der Waals surface area contributed by atoms with Gasteiger partial charge in [-0.05, 0) is 19.1 Å². The Hall–Kier alpha value is -2.11. The lowest BCUT2D eigenvalue weighted by molar-refractivity contribution is -0.383. The molecule has 2 aromatic rings. The number of pyridine rings is 1. The number of benzene rings is 1. The van der Waals surface area contributed by atoms with E-state index in [4.69, 9.17) is 44.1 Å². The number of nitro groups is 1. The van der Waals surface area contributed by atoms with Crippen LogP contribution in [0.25, 0.3) is 0 Å². The number of hydrogen-bond donors (Lipinski definition) is 0. The molecule has 0 saturated heterocycles. The first kappa shape index (κ1) is 28.1. The van der Waals surface area contributed by atoms with E-state index in [-0.39, 0.29) is 11.9 Å². The molecule has 1 heterocycles. The van der Waals surface area contributed by atoms with Crippen molar-refractivity contribution in [2.45, 2.75) is 24.4 Å². The Labute approximate surface area is 205 Å². The number of nitro benzene ring substituents is 1. The second-order valence-electron chi connectivity index (χ2n) is 6.58. The highest BCUT2D eigenvalue weighted by Gasteiger charge is 2.35. The van der Waals surface area contributed by atoms with E-state index >= 15 is 0 Å². The van der Waals surface area contributed by atoms with Crippen molar-refractivity contribution in [1.29, 1.82) is 0 Å². The van der Waals surface area contributed by atoms with Crippen LogP contribution in [0, 0.1) is 10.1 Å². The van der Waals surface area contributed by atoms with Crippen molar-refractivity contribution in [3.8, 4) is 11.6 Å². The predicted octanol–water partition coefficient (Wildman–Crippen LogP) is 6.09. The molecule has 16 heteroatoms. The maximum atomic E-state index is 13.4. The summed E-state index contributed by atoms with van der Waals surface area (Å²) in [6.07, 6.45) is -4.45. The van der Waals surface area contributed by atoms with Crippen LogP contribution in [0.4, 0.5) is 18.9 Å². The van der Waals surface area contributed by atoms with E-state index in [1.165, 1.54) is 6.92 Å². The van der Waals surface area contributed by atoms with Gasteiger partial charge in [-0.25, -0.2) is 9.78 Å². The van der Waals surface area contributed by atoms with Gasteiger partial charge in [0.25, 0.3) is 5.69 Å². The Balaban J connectivity index is 2.37. The van der Waals surface area contributed by atoms with Gasteiger partial charge in [-0.1, -0.05) is 41.7 Å². The first-order valence-corrected chi connectivity index (χ1v) is 12.0. The predicted molar refractivity (Wildman–Crippen MR) is 117 cm³/mol. The van der Waals surface area contributed by atoms with Gasteiger partial charge in [0.1, 0.15) is 16.1 Å². The van der Waals surface area contributed by atoms with E-state index in [0.717, 1.165) is 25.1 Å². The monoisotopic (exact) mass is 564 g/mol. The Morgan fingerprint density at radius 3 is 2.41 bits per heavy atom. The van der Waals surface area contributed by atoms with Gasteiger partial charge in [-0.3, -0.25) is 19.2 Å². The number of halogens is 6. The van der Waals surface area contributed by atoms with Crippen molar-refractivity contribution in [2.24, 2.45) is 0 Å². The molecule has 0 aliphatic rings. The third-order valence-corrected chi connectivity index (χ3v) is 7.11. The third kappa shape index (κ3) is 6.96. The van der Waals surface area contributed by atoms with Crippen LogP contribution in [0.5, 0.6) is 11.6 Å². The summed E-state index contributed by atoms with van der Waals surface area (Å²) in [5, 5.41) is 10.6. The van der Waals surface area contributed by atoms with Crippen LogP contribution < -0.4 is 10.0 Å². The van der Waals surface area contributed by atoms with E-state index < -0.39 is 63.0 Å². The highest BCUT2D eigenvalue weighted by molar-refractivity contribution is 7.67. The van der Waals surface area contributed by atoms with Gasteiger partial charge in [0.2, 0.25) is 17.6 Å². The van der Waals surface area contributed by atoms with Gasteiger partial charge in [-0.15, -0.1) is 0 Å². The first-order valence-electron chi connectivity index (χ1n) is 9.06. The molecule has 0 bridgehead atoms. The molecule has 186 valence electrons. The molecule has 0 saturated carbocycles. The van der Waals surface area contributed by atoms with Gasteiger partial charge >= 0.3 is 12.1 Å². The standard InChI is InChI=1S/C18H15Cl3F3N2O7P/c1-3-34(30,32-9-31-16(27)17(2,20)21)14-7-11(4-5-13(14)26(28)29)33-15-12(19)6-10(8-25-15)18(22,23)24/h4-8H,3,9H2,1-2H3. The lowest BCUT2D eigenvalue weighted by atomic mass is 10.3. The first-order chi connectivity index (χ1) is 15.6. The molecular formula is C18H15Cl3F3N2O7P. The Kier molecular flexibility index (Phi) is 8.82. The van der Waals surface area contributed by atoms with Gasteiger partial charge in [0.15, 0.2) is 6.79 Å². The van der Waals surface area contributed by atoms with Gasteiger partial charge in [-0.2, -0.15) is 13.2 Å². The maximum Gasteiger partial charge on any atom is 0.417 e. The lowest BCUT2D eigenvalue weighted by Crippen LogP contribution is -2.26. The van der Waals surface area contributed by atoms with Crippen LogP contribution in [-0.4, -0.2) is 33.2 Å². The summed E-state index contributed by atoms with van der Waals surface area (Å²) < 4.78 is 65.0. The minimum absolute atomic E-state index is 0.182. The quantitative estimate of drug-likeness (QED) is 0.0895. The van der Waals surface area contributed by atoms with E-state index in [2.05, 4.69) is 9.72 Å². The molecular weight excluding hydrogens is 551 g/mol. The molecule has 0 amide bonds. The van der Waals surface area contributed by atoms with Gasteiger partial charge in [0.05, 0.1) is 10.5 Å². The van der Waals surface area contributed by atoms with E-state index in [1.807, 2.05) is 0 Å². The minimum Gasteiger partial charge on any atom is -0.438 e. The molecule has 1 aromatic carbocycles. The Morgan fingerprint density at radius 2 is 1.91 bits per heavy atom. The molecule has 2 rings (SSSR count). The molecule has 0 spiro atoms. The number of esters is 1. The average molecular weight is 566 g/mol. The SMILES string of the molecule is CCP(=O)(OCOC(=O)C(C)(Cl)Cl)c1cc(Oc2ncc(C(F)(F)F)cc2Cl)ccc1[N+](=O)[O-]. The van der Waals surface area contributed by atoms with Crippen molar-refractivity contribution in [3.05, 3.63) is 51.2 Å². The van der Waals surface area contributed by atoms with Crippen LogP contribution >= 0.6 is 42.2 Å². The van der Waals surface area contributed by atoms with Crippen LogP contribution in [0.15, 0.2) is 30.5 Å². The molecule has 1 aromatic heterocycles. The van der Waals surface area contributed by atoms with Crippen LogP contribution in [0.2, 0.25) is 5.02 Å². The largest absolute Gasteiger partial charge is 0.438 e. The number of nitrogens with zero attached hydrogens (tertiary/aromatic N) is 2. The van der Waals surface area contributed by atoms with Crippen molar-refractivity contribution < 1.29 is 41.5 Å². The number of carbonyl (C=O) groups is 1. The summed E-state index contributed by atoms with van der Waals surface area (Å²) in [6, 6.07) is 3.64. The number of alkyl halides is 5. The van der Waals surface area contributed by atoms with Crippen molar-refractivity contribution >= 4 is 59.1 Å². The fraction of sp³-hybridized carbons (Fsp3) is 0.333. The molecule has 1 unspecified atom stereocenters. The molecule has 0 aliphatic heterocycles. The van der Waals surface area contributed by atoms with Crippen LogP contribution in [0.3, 0.4) is 0 Å². The normalized spacial score (nSPS) is 13.8. The molecule has 0 N–H and O–H groups in total. The van der Waals surface area contributed by atoms with E-state index in [0.29, 0.717) is 12.3 Å². The summed E-state index contributed by atoms with van der Waals surface area (Å²) in [6.45, 7) is 1.65. The number of rotatable bonds is 9. The second-order valence-corrected chi connectivity index (χ2v) is 11.4. The minimum atomic E-state index is -4.69. The Bertz CT molecular complexity index is 1140. The maximum absolute atomic E-state index is 13.4. The summed E-state index contributed by atoms with van der Waals surface area (Å²) in [5.41, 5.74) is -1.72. The van der Waals surface area contributed by atoms with Gasteiger partial charge in [0, 0.05) is 24.5 Å². The molecule has 9 nitrogen and oxygen atoms in total. The average Bonchev–Trinajstić information content (AvgIpc) is 2.73. The zero-order valence-electron chi connectivity index (χ0n) is 17.3. The third-order valence-electron chi connectivity index (χ3n) is 4.09. The number of ether oxygens (including phenoxy) is 2. The molecule has 34 heavy (non-hydrogen) atoms. The van der Waals surface area contributed by atoms with Crippen molar-refractivity contribution in [2.75, 3.05) is 13.0 Å². The Morgan fingerprint density at radius 1 is 1.26 bits per heavy atom. The van der Waals surface area contributed by atoms with Crippen LogP contribution in [0.1, 0.15) is 19.4 Å². The summed E-state index contributed by atoms with van der Waals surface area (Å²) >= 11 is 17.0. The topological polar surface area (TPSA) is 118 Å². The molecule has 0 radical (unpaired) electrons. The number of aromatic nitrogens is 1. The fourth-order valence-electron chi connectivity index (χ4n) is 2.38. The van der Waals surface area contributed by atoms with Crippen molar-refractivity contribution in [1.82, 2.24) is 4.98 Å². The van der Waals surface area contributed by atoms with E-state index in [1.54, 1.807) is 0 Å².